The lowest BCUT2D eigenvalue weighted by Crippen LogP contribution is -2.43. The third kappa shape index (κ3) is 3.60. The van der Waals surface area contributed by atoms with Gasteiger partial charge in [-0.2, -0.15) is 0 Å². The van der Waals surface area contributed by atoms with Gasteiger partial charge in [-0.3, -0.25) is 4.79 Å². The van der Waals surface area contributed by atoms with E-state index in [0.29, 0.717) is 0 Å². The normalized spacial score (nSPS) is 12.7. The minimum Gasteiger partial charge on any atom is -0.480 e. The molecule has 11 heavy (non-hydrogen) atoms. The van der Waals surface area contributed by atoms with Gasteiger partial charge in [-0.15, -0.1) is 0 Å². The molecule has 0 spiro atoms. The van der Waals surface area contributed by atoms with Gasteiger partial charge < -0.3 is 10.4 Å². The van der Waals surface area contributed by atoms with Crippen molar-refractivity contribution in [2.24, 2.45) is 5.92 Å². The van der Waals surface area contributed by atoms with Crippen LogP contribution >= 0.6 is 0 Å². The Balaban J connectivity index is 4.12. The zero-order valence-electron chi connectivity index (χ0n) is 6.92. The smallest absolute Gasteiger partial charge is 0.326 e. The van der Waals surface area contributed by atoms with E-state index in [1.54, 1.807) is 13.8 Å². The Hall–Kier alpha value is -1.06. The number of amides is 1. The SMILES string of the molecule is CC(=O)[15NH][C@@H](C(C)C)[13C](=O)O. The van der Waals surface area contributed by atoms with Crippen LogP contribution in [0.3, 0.4) is 0 Å². The quantitative estimate of drug-likeness (QED) is 0.460. The van der Waals surface area contributed by atoms with Crippen molar-refractivity contribution < 1.29 is 14.7 Å². The van der Waals surface area contributed by atoms with E-state index in [2.05, 4.69) is 5.32 Å². The summed E-state index contributed by atoms with van der Waals surface area (Å²) in [5, 5.41) is 10.9. The highest BCUT2D eigenvalue weighted by molar-refractivity contribution is 5.82. The number of rotatable bonds is 3. The molecule has 0 radical (unpaired) electrons. The number of hydrogen-bond acceptors (Lipinski definition) is 2. The molecule has 64 valence electrons. The Bertz CT molecular complexity index is 165. The van der Waals surface area contributed by atoms with E-state index in [4.69, 9.17) is 5.11 Å². The molecule has 0 heterocycles. The zero-order chi connectivity index (χ0) is 9.02. The molecule has 1 atom stereocenters. The molecule has 0 saturated carbocycles. The molecule has 0 aromatic heterocycles. The van der Waals surface area contributed by atoms with Crippen LogP contribution < -0.4 is 5.32 Å². The number of carboxylic acid groups (broad SMARTS) is 1. The molecular weight excluding hydrogens is 148 g/mol. The van der Waals surface area contributed by atoms with E-state index in [-0.39, 0.29) is 11.8 Å². The topological polar surface area (TPSA) is 66.4 Å². The second kappa shape index (κ2) is 3.95. The Kier molecular flexibility index (Phi) is 3.57. The molecule has 0 aliphatic heterocycles. The Morgan fingerprint density at radius 3 is 1.91 bits per heavy atom. The summed E-state index contributed by atoms with van der Waals surface area (Å²) >= 11 is 0. The summed E-state index contributed by atoms with van der Waals surface area (Å²) in [5.74, 6) is -1.39. The van der Waals surface area contributed by atoms with E-state index in [1.165, 1.54) is 6.92 Å². The summed E-state index contributed by atoms with van der Waals surface area (Å²) < 4.78 is 0. The van der Waals surface area contributed by atoms with Gasteiger partial charge in [-0.1, -0.05) is 13.8 Å². The van der Waals surface area contributed by atoms with Gasteiger partial charge in [0, 0.05) is 6.92 Å². The van der Waals surface area contributed by atoms with E-state index in [0.717, 1.165) is 0 Å². The van der Waals surface area contributed by atoms with Crippen molar-refractivity contribution in [3.05, 3.63) is 0 Å². The predicted octanol–water partition coefficient (Wildman–Crippen LogP) is 0.232. The maximum atomic E-state index is 10.5. The Morgan fingerprint density at radius 1 is 1.36 bits per heavy atom. The van der Waals surface area contributed by atoms with Crippen LogP contribution in [0.4, 0.5) is 0 Å². The maximum Gasteiger partial charge on any atom is 0.326 e. The first kappa shape index (κ1) is 9.94. The summed E-state index contributed by atoms with van der Waals surface area (Å²) in [4.78, 5) is 21.0. The van der Waals surface area contributed by atoms with E-state index >= 15 is 0 Å². The third-order valence-electron chi connectivity index (χ3n) is 1.29. The summed E-state index contributed by atoms with van der Waals surface area (Å²) in [7, 11) is 0. The molecule has 0 saturated heterocycles. The highest BCUT2D eigenvalue weighted by atomic mass is 16.5. The Labute approximate surface area is 65.6 Å². The average molecular weight is 161 g/mol. The van der Waals surface area contributed by atoms with Crippen LogP contribution in [0.1, 0.15) is 20.8 Å². The third-order valence-corrected chi connectivity index (χ3v) is 1.29. The summed E-state index contributed by atoms with van der Waals surface area (Å²) in [6.07, 6.45) is 0. The molecule has 0 rings (SSSR count). The van der Waals surface area contributed by atoms with Gasteiger partial charge >= 0.3 is 5.97 Å². The summed E-state index contributed by atoms with van der Waals surface area (Å²) in [6.45, 7) is 4.79. The molecule has 4 heteroatoms. The number of nitrogens with one attached hydrogen (secondary N) is 1. The van der Waals surface area contributed by atoms with Crippen LogP contribution in [0.15, 0.2) is 0 Å². The molecule has 0 aromatic carbocycles. The lowest BCUT2D eigenvalue weighted by molar-refractivity contribution is -0.142. The standard InChI is InChI=1S/C7H13NO3/c1-4(2)6(7(10)11)8-5(3)9/h4,6H,1-3H3,(H,8,9)(H,10,11)/t6-/m0/s1/i7+1,8+1. The van der Waals surface area contributed by atoms with Gasteiger partial charge in [0.05, 0.1) is 0 Å². The number of carboxylic acids is 1. The molecule has 0 bridgehead atoms. The largest absolute Gasteiger partial charge is 0.480 e. The van der Waals surface area contributed by atoms with E-state index in [9.17, 15) is 9.59 Å². The van der Waals surface area contributed by atoms with Gasteiger partial charge in [0.2, 0.25) is 5.91 Å². The average Bonchev–Trinajstić information content (AvgIpc) is 1.81. The first-order chi connectivity index (χ1) is 4.95. The number of hydrogen-bond donors (Lipinski definition) is 2. The molecular formula is C7H13NO3. The van der Waals surface area contributed by atoms with Gasteiger partial charge in [0.1, 0.15) is 6.04 Å². The molecule has 4 nitrogen and oxygen atoms in total. The zero-order valence-corrected chi connectivity index (χ0v) is 6.92. The first-order valence-electron chi connectivity index (χ1n) is 3.45. The number of aliphatic carboxylic acids is 1. The Morgan fingerprint density at radius 2 is 1.82 bits per heavy atom. The predicted molar refractivity (Wildman–Crippen MR) is 40.1 cm³/mol. The second-order valence-corrected chi connectivity index (χ2v) is 2.76. The van der Waals surface area contributed by atoms with Crippen molar-refractivity contribution in [1.82, 2.24) is 5.32 Å². The molecule has 0 aliphatic rings. The monoisotopic (exact) mass is 161 g/mol. The molecule has 1 amide bonds. The van der Waals surface area contributed by atoms with Crippen LogP contribution in [0.5, 0.6) is 0 Å². The van der Waals surface area contributed by atoms with Crippen LogP contribution in [-0.2, 0) is 9.59 Å². The molecule has 0 aromatic rings. The molecule has 2 N–H and O–H groups in total. The van der Waals surface area contributed by atoms with Crippen LogP contribution in [0.2, 0.25) is 0 Å². The summed E-state index contributed by atoms with van der Waals surface area (Å²) in [5.41, 5.74) is 0. The van der Waals surface area contributed by atoms with Crippen molar-refractivity contribution in [2.45, 2.75) is 26.8 Å². The fourth-order valence-electron chi connectivity index (χ4n) is 0.733. The fourth-order valence-corrected chi connectivity index (χ4v) is 0.733. The van der Waals surface area contributed by atoms with Gasteiger partial charge in [-0.05, 0) is 5.92 Å². The lowest BCUT2D eigenvalue weighted by atomic mass is 10.1. The molecule has 0 aliphatic carbocycles. The minimum atomic E-state index is -0.991. The van der Waals surface area contributed by atoms with Crippen molar-refractivity contribution in [2.75, 3.05) is 0 Å². The van der Waals surface area contributed by atoms with Crippen molar-refractivity contribution >= 4 is 11.9 Å². The van der Waals surface area contributed by atoms with Gasteiger partial charge in [-0.25, -0.2) is 4.79 Å². The van der Waals surface area contributed by atoms with Crippen LogP contribution in [-0.4, -0.2) is 23.0 Å². The van der Waals surface area contributed by atoms with Crippen molar-refractivity contribution in [3.63, 3.8) is 0 Å². The van der Waals surface area contributed by atoms with E-state index in [1.807, 2.05) is 0 Å². The minimum absolute atomic E-state index is 0.0867. The number of carbonyl (C=O) groups excluding carboxylic acids is 1. The van der Waals surface area contributed by atoms with Crippen molar-refractivity contribution in [3.8, 4) is 0 Å². The first-order valence-corrected chi connectivity index (χ1v) is 3.45. The number of carbonyl (C=O) groups is 2. The summed E-state index contributed by atoms with van der Waals surface area (Å²) in [6, 6.07) is -0.771. The molecule has 0 fully saturated rings. The van der Waals surface area contributed by atoms with Crippen LogP contribution in [0, 0.1) is 5.92 Å². The fraction of sp³-hybridized carbons (Fsp3) is 0.714. The van der Waals surface area contributed by atoms with Gasteiger partial charge in [0.15, 0.2) is 0 Å². The maximum absolute atomic E-state index is 10.5. The highest BCUT2D eigenvalue weighted by Gasteiger charge is 2.21. The molecule has 0 unspecified atom stereocenters. The van der Waals surface area contributed by atoms with Gasteiger partial charge in [0.25, 0.3) is 0 Å². The lowest BCUT2D eigenvalue weighted by Gasteiger charge is -2.16. The van der Waals surface area contributed by atoms with Crippen LogP contribution in [0.25, 0.3) is 0 Å². The van der Waals surface area contributed by atoms with E-state index < -0.39 is 12.0 Å². The van der Waals surface area contributed by atoms with Crippen molar-refractivity contribution in [1.29, 1.82) is 0 Å². The second-order valence-electron chi connectivity index (χ2n) is 2.76. The highest BCUT2D eigenvalue weighted by Crippen LogP contribution is 2.00.